The molecule has 4 nitrogen and oxygen atoms in total. The van der Waals surface area contributed by atoms with Crippen molar-refractivity contribution >= 4 is 23.2 Å². The fraction of sp³-hybridized carbons (Fsp3) is 0.600. The number of carboxylic acid groups (broad SMARTS) is 1. The number of amides is 1. The lowest BCUT2D eigenvalue weighted by molar-refractivity contribution is -0.149. The quantitative estimate of drug-likeness (QED) is 0.877. The van der Waals surface area contributed by atoms with Crippen LogP contribution in [0.2, 0.25) is 0 Å². The van der Waals surface area contributed by atoms with Crippen molar-refractivity contribution in [2.45, 2.75) is 45.1 Å². The van der Waals surface area contributed by atoms with E-state index in [9.17, 15) is 14.7 Å². The van der Waals surface area contributed by atoms with Crippen molar-refractivity contribution in [2.24, 2.45) is 11.8 Å². The Morgan fingerprint density at radius 2 is 2.10 bits per heavy atom. The largest absolute Gasteiger partial charge is 0.481 e. The molecule has 1 heterocycles. The lowest BCUT2D eigenvalue weighted by Crippen LogP contribution is -2.43. The van der Waals surface area contributed by atoms with Crippen molar-refractivity contribution < 1.29 is 14.7 Å². The van der Waals surface area contributed by atoms with E-state index in [-0.39, 0.29) is 17.9 Å². The Morgan fingerprint density at radius 3 is 2.70 bits per heavy atom. The Morgan fingerprint density at radius 1 is 1.40 bits per heavy atom. The maximum absolute atomic E-state index is 12.3. The molecular weight excluding hydrogens is 274 g/mol. The summed E-state index contributed by atoms with van der Waals surface area (Å²) in [5.41, 5.74) is 0. The molecule has 1 aromatic rings. The van der Waals surface area contributed by atoms with Gasteiger partial charge < -0.3 is 10.4 Å². The van der Waals surface area contributed by atoms with Crippen LogP contribution in [0.15, 0.2) is 17.5 Å². The second-order valence-electron chi connectivity index (χ2n) is 5.53. The third-order valence-electron chi connectivity index (χ3n) is 3.90. The van der Waals surface area contributed by atoms with E-state index in [0.717, 1.165) is 19.3 Å². The summed E-state index contributed by atoms with van der Waals surface area (Å²) in [6.07, 6.45) is 3.96. The lowest BCUT2D eigenvalue weighted by atomic mass is 9.78. The summed E-state index contributed by atoms with van der Waals surface area (Å²) in [6.45, 7) is 1.97. The van der Waals surface area contributed by atoms with Crippen molar-refractivity contribution in [2.75, 3.05) is 0 Å². The molecule has 20 heavy (non-hydrogen) atoms. The Hall–Kier alpha value is -1.36. The maximum Gasteiger partial charge on any atom is 0.307 e. The average molecular weight is 295 g/mol. The summed E-state index contributed by atoms with van der Waals surface area (Å²) in [5, 5.41) is 14.2. The summed E-state index contributed by atoms with van der Waals surface area (Å²) in [4.78, 5) is 24.7. The molecule has 1 amide bonds. The summed E-state index contributed by atoms with van der Waals surface area (Å²) in [5.74, 6) is -1.82. The summed E-state index contributed by atoms with van der Waals surface area (Å²) in [6, 6.07) is 4.09. The summed E-state index contributed by atoms with van der Waals surface area (Å²) in [7, 11) is 0. The lowest BCUT2D eigenvalue weighted by Gasteiger charge is -2.28. The molecule has 0 radical (unpaired) electrons. The van der Waals surface area contributed by atoms with Gasteiger partial charge in [-0.2, -0.15) is 0 Å². The van der Waals surface area contributed by atoms with Crippen molar-refractivity contribution in [1.82, 2.24) is 5.32 Å². The molecule has 0 spiro atoms. The Kier molecular flexibility index (Phi) is 5.17. The molecule has 1 aliphatic carbocycles. The Bertz CT molecular complexity index is 458. The predicted octanol–water partition coefficient (Wildman–Crippen LogP) is 2.69. The van der Waals surface area contributed by atoms with Crippen LogP contribution in [0.3, 0.4) is 0 Å². The molecule has 2 rings (SSSR count). The van der Waals surface area contributed by atoms with E-state index in [2.05, 4.69) is 5.32 Å². The third kappa shape index (κ3) is 3.82. The first-order valence-electron chi connectivity index (χ1n) is 7.13. The molecule has 1 fully saturated rings. The molecule has 2 N–H and O–H groups in total. The fourth-order valence-electron chi connectivity index (χ4n) is 2.87. The summed E-state index contributed by atoms with van der Waals surface area (Å²) < 4.78 is 0. The van der Waals surface area contributed by atoms with Gasteiger partial charge in [0.15, 0.2) is 0 Å². The average Bonchev–Trinajstić information content (AvgIpc) is 2.91. The first-order chi connectivity index (χ1) is 9.58. The zero-order chi connectivity index (χ0) is 14.5. The van der Waals surface area contributed by atoms with E-state index < -0.39 is 11.9 Å². The molecule has 0 aliphatic heterocycles. The topological polar surface area (TPSA) is 66.4 Å². The van der Waals surface area contributed by atoms with Gasteiger partial charge in [-0.05, 0) is 31.2 Å². The monoisotopic (exact) mass is 295 g/mol. The van der Waals surface area contributed by atoms with Gasteiger partial charge in [0.2, 0.25) is 5.91 Å². The molecule has 3 unspecified atom stereocenters. The van der Waals surface area contributed by atoms with Crippen LogP contribution in [0, 0.1) is 11.8 Å². The van der Waals surface area contributed by atoms with Gasteiger partial charge in [-0.15, -0.1) is 11.3 Å². The van der Waals surface area contributed by atoms with Crippen LogP contribution >= 0.6 is 11.3 Å². The highest BCUT2D eigenvalue weighted by Crippen LogP contribution is 2.30. The SMILES string of the molecule is CC(Cc1cccs1)NC(=O)C1CCCCC1C(=O)O. The van der Waals surface area contributed by atoms with Gasteiger partial charge in [0.1, 0.15) is 0 Å². The minimum absolute atomic E-state index is 0.0394. The molecule has 5 heteroatoms. The zero-order valence-corrected chi connectivity index (χ0v) is 12.5. The van der Waals surface area contributed by atoms with E-state index in [1.165, 1.54) is 4.88 Å². The van der Waals surface area contributed by atoms with Crippen molar-refractivity contribution in [3.8, 4) is 0 Å². The van der Waals surface area contributed by atoms with Gasteiger partial charge in [-0.1, -0.05) is 18.9 Å². The molecule has 1 aliphatic rings. The van der Waals surface area contributed by atoms with Gasteiger partial charge in [-0.25, -0.2) is 0 Å². The second kappa shape index (κ2) is 6.88. The van der Waals surface area contributed by atoms with Crippen LogP contribution in [-0.4, -0.2) is 23.0 Å². The number of aliphatic carboxylic acids is 1. The van der Waals surface area contributed by atoms with E-state index in [1.54, 1.807) is 11.3 Å². The zero-order valence-electron chi connectivity index (χ0n) is 11.7. The molecular formula is C15H21NO3S. The van der Waals surface area contributed by atoms with Gasteiger partial charge >= 0.3 is 5.97 Å². The van der Waals surface area contributed by atoms with Gasteiger partial charge in [0, 0.05) is 17.3 Å². The number of carboxylic acids is 1. The highest BCUT2D eigenvalue weighted by atomic mass is 32.1. The van der Waals surface area contributed by atoms with Crippen LogP contribution in [0.1, 0.15) is 37.5 Å². The number of hydrogen-bond donors (Lipinski definition) is 2. The molecule has 3 atom stereocenters. The molecule has 1 saturated carbocycles. The highest BCUT2D eigenvalue weighted by molar-refractivity contribution is 7.09. The van der Waals surface area contributed by atoms with E-state index in [1.807, 2.05) is 24.4 Å². The number of hydrogen-bond acceptors (Lipinski definition) is 3. The Balaban J connectivity index is 1.90. The first kappa shape index (κ1) is 15.0. The van der Waals surface area contributed by atoms with E-state index in [0.29, 0.717) is 12.8 Å². The molecule has 110 valence electrons. The van der Waals surface area contributed by atoms with Gasteiger partial charge in [-0.3, -0.25) is 9.59 Å². The molecule has 0 saturated heterocycles. The van der Waals surface area contributed by atoms with Crippen molar-refractivity contribution in [3.63, 3.8) is 0 Å². The highest BCUT2D eigenvalue weighted by Gasteiger charge is 2.35. The van der Waals surface area contributed by atoms with Crippen LogP contribution in [0.4, 0.5) is 0 Å². The first-order valence-corrected chi connectivity index (χ1v) is 8.01. The number of thiophene rings is 1. The smallest absolute Gasteiger partial charge is 0.307 e. The Labute approximate surface area is 123 Å². The molecule has 0 aromatic carbocycles. The normalized spacial score (nSPS) is 24.1. The van der Waals surface area contributed by atoms with Crippen LogP contribution < -0.4 is 5.32 Å². The summed E-state index contributed by atoms with van der Waals surface area (Å²) >= 11 is 1.67. The predicted molar refractivity (Wildman–Crippen MR) is 78.7 cm³/mol. The fourth-order valence-corrected chi connectivity index (χ4v) is 3.71. The van der Waals surface area contributed by atoms with E-state index >= 15 is 0 Å². The van der Waals surface area contributed by atoms with Crippen molar-refractivity contribution in [3.05, 3.63) is 22.4 Å². The maximum atomic E-state index is 12.3. The molecule has 1 aromatic heterocycles. The van der Waals surface area contributed by atoms with Gasteiger partial charge in [0.25, 0.3) is 0 Å². The van der Waals surface area contributed by atoms with Crippen molar-refractivity contribution in [1.29, 1.82) is 0 Å². The standard InChI is InChI=1S/C15H21NO3S/c1-10(9-11-5-4-8-20-11)16-14(17)12-6-2-3-7-13(12)15(18)19/h4-5,8,10,12-13H,2-3,6-7,9H2,1H3,(H,16,17)(H,18,19). The minimum Gasteiger partial charge on any atom is -0.481 e. The van der Waals surface area contributed by atoms with E-state index in [4.69, 9.17) is 0 Å². The van der Waals surface area contributed by atoms with Crippen LogP contribution in [-0.2, 0) is 16.0 Å². The third-order valence-corrected chi connectivity index (χ3v) is 4.79. The number of carbonyl (C=O) groups is 2. The number of carbonyl (C=O) groups excluding carboxylic acids is 1. The van der Waals surface area contributed by atoms with Gasteiger partial charge in [0.05, 0.1) is 11.8 Å². The minimum atomic E-state index is -0.837. The number of rotatable bonds is 5. The number of nitrogens with one attached hydrogen (secondary N) is 1. The molecule has 0 bridgehead atoms. The van der Waals surface area contributed by atoms with Crippen LogP contribution in [0.25, 0.3) is 0 Å². The second-order valence-corrected chi connectivity index (χ2v) is 6.56. The van der Waals surface area contributed by atoms with Crippen LogP contribution in [0.5, 0.6) is 0 Å².